The lowest BCUT2D eigenvalue weighted by Gasteiger charge is -2.11. The number of aryl methyl sites for hydroxylation is 1. The normalized spacial score (nSPS) is 11.6. The van der Waals surface area contributed by atoms with Crippen LogP contribution in [0.4, 0.5) is 4.39 Å². The van der Waals surface area contributed by atoms with E-state index in [9.17, 15) is 4.39 Å². The van der Waals surface area contributed by atoms with Gasteiger partial charge in [-0.15, -0.1) is 0 Å². The fourth-order valence-corrected chi connectivity index (χ4v) is 4.53. The monoisotopic (exact) mass is 507 g/mol. The van der Waals surface area contributed by atoms with E-state index >= 15 is 0 Å². The summed E-state index contributed by atoms with van der Waals surface area (Å²) in [4.78, 5) is 19.2. The van der Waals surface area contributed by atoms with Gasteiger partial charge in [-0.25, -0.2) is 14.4 Å². The molecule has 38 heavy (non-hydrogen) atoms. The first-order valence-corrected chi connectivity index (χ1v) is 12.3. The van der Waals surface area contributed by atoms with Gasteiger partial charge in [0.2, 0.25) is 0 Å². The summed E-state index contributed by atoms with van der Waals surface area (Å²) >= 11 is 0. The number of aromatic amines is 2. The van der Waals surface area contributed by atoms with Crippen LogP contribution in [0.25, 0.3) is 55.8 Å². The Morgan fingerprint density at radius 2 is 1.89 bits per heavy atom. The minimum absolute atomic E-state index is 0.266. The van der Waals surface area contributed by atoms with Crippen molar-refractivity contribution in [2.75, 3.05) is 27.2 Å². The number of ether oxygens (including phenoxy) is 1. The number of pyridine rings is 3. The number of nitrogens with one attached hydrogen (secondary N) is 2. The number of rotatable bonds is 7. The highest BCUT2D eigenvalue weighted by Gasteiger charge is 2.16. The number of hydrogen-bond donors (Lipinski definition) is 2. The molecule has 0 fully saturated rings. The standard InChI is InChI=1S/C29H26FN7O/c1-17-10-18(12-20(30)11-17)22-6-7-32-29-23(22)14-26(34-29)28-27-25(35-36-28)5-4-24(33-27)19-13-21(16-31-15-19)38-9-8-37(2)3/h4-7,10-16H,8-9H2,1-3H3,(H,32,34)(H,35,36). The molecule has 0 unspecified atom stereocenters. The van der Waals surface area contributed by atoms with E-state index < -0.39 is 0 Å². The quantitative estimate of drug-likeness (QED) is 0.291. The van der Waals surface area contributed by atoms with Gasteiger partial charge in [0.25, 0.3) is 0 Å². The first-order valence-electron chi connectivity index (χ1n) is 12.3. The second-order valence-corrected chi connectivity index (χ2v) is 9.55. The van der Waals surface area contributed by atoms with Crippen LogP contribution in [0.1, 0.15) is 5.56 Å². The van der Waals surface area contributed by atoms with Crippen molar-refractivity contribution in [3.8, 4) is 39.5 Å². The van der Waals surface area contributed by atoms with Crippen molar-refractivity contribution in [3.05, 3.63) is 78.5 Å². The summed E-state index contributed by atoms with van der Waals surface area (Å²) in [6.07, 6.45) is 5.20. The molecule has 6 rings (SSSR count). The van der Waals surface area contributed by atoms with Gasteiger partial charge in [0.1, 0.15) is 35.0 Å². The molecule has 0 bridgehead atoms. The lowest BCUT2D eigenvalue weighted by atomic mass is 10.0. The number of nitrogens with zero attached hydrogens (tertiary/aromatic N) is 5. The van der Waals surface area contributed by atoms with E-state index in [1.165, 1.54) is 6.07 Å². The van der Waals surface area contributed by atoms with Gasteiger partial charge >= 0.3 is 0 Å². The van der Waals surface area contributed by atoms with Crippen LogP contribution in [-0.4, -0.2) is 62.3 Å². The minimum Gasteiger partial charge on any atom is -0.491 e. The summed E-state index contributed by atoms with van der Waals surface area (Å²) < 4.78 is 20.0. The van der Waals surface area contributed by atoms with E-state index in [1.54, 1.807) is 24.7 Å². The van der Waals surface area contributed by atoms with Gasteiger partial charge < -0.3 is 14.6 Å². The van der Waals surface area contributed by atoms with Gasteiger partial charge in [-0.05, 0) is 80.2 Å². The number of benzene rings is 1. The molecule has 0 atom stereocenters. The van der Waals surface area contributed by atoms with Crippen LogP contribution in [-0.2, 0) is 0 Å². The van der Waals surface area contributed by atoms with Crippen LogP contribution in [0, 0.1) is 12.7 Å². The molecule has 6 aromatic rings. The largest absolute Gasteiger partial charge is 0.491 e. The zero-order valence-electron chi connectivity index (χ0n) is 21.3. The maximum Gasteiger partial charge on any atom is 0.138 e. The summed E-state index contributed by atoms with van der Waals surface area (Å²) in [5, 5.41) is 8.50. The predicted octanol–water partition coefficient (Wildman–Crippen LogP) is 5.62. The fraction of sp³-hybridized carbons (Fsp3) is 0.172. The first-order chi connectivity index (χ1) is 18.4. The van der Waals surface area contributed by atoms with Gasteiger partial charge in [0.15, 0.2) is 0 Å². The Bertz CT molecular complexity index is 1750. The van der Waals surface area contributed by atoms with Gasteiger partial charge in [-0.2, -0.15) is 5.10 Å². The number of H-pyrrole nitrogens is 2. The molecule has 0 saturated heterocycles. The molecule has 0 saturated carbocycles. The average Bonchev–Trinajstić information content (AvgIpc) is 3.51. The summed E-state index contributed by atoms with van der Waals surface area (Å²) in [5.74, 6) is 0.429. The SMILES string of the molecule is Cc1cc(F)cc(-c2ccnc3[nH]c(-c4n[nH]c5ccc(-c6cncc(OCCN(C)C)c6)nc45)cc23)c1. The van der Waals surface area contributed by atoms with Crippen LogP contribution < -0.4 is 4.74 Å². The van der Waals surface area contributed by atoms with Crippen molar-refractivity contribution in [1.82, 2.24) is 35.0 Å². The Balaban J connectivity index is 1.38. The third-order valence-electron chi connectivity index (χ3n) is 6.36. The molecular weight excluding hydrogens is 481 g/mol. The Labute approximate surface area is 218 Å². The zero-order chi connectivity index (χ0) is 26.2. The van der Waals surface area contributed by atoms with Crippen molar-refractivity contribution >= 4 is 22.1 Å². The van der Waals surface area contributed by atoms with E-state index in [1.807, 2.05) is 57.4 Å². The Morgan fingerprint density at radius 3 is 2.74 bits per heavy atom. The molecule has 5 heterocycles. The molecule has 0 aliphatic carbocycles. The molecule has 0 radical (unpaired) electrons. The molecule has 190 valence electrons. The van der Waals surface area contributed by atoms with Crippen molar-refractivity contribution in [2.45, 2.75) is 6.92 Å². The maximum atomic E-state index is 14.2. The molecule has 5 aromatic heterocycles. The van der Waals surface area contributed by atoms with Gasteiger partial charge in [-0.1, -0.05) is 6.07 Å². The lowest BCUT2D eigenvalue weighted by molar-refractivity contribution is 0.261. The molecule has 9 heteroatoms. The zero-order valence-corrected chi connectivity index (χ0v) is 21.3. The van der Waals surface area contributed by atoms with Crippen molar-refractivity contribution in [3.63, 3.8) is 0 Å². The third kappa shape index (κ3) is 4.59. The highest BCUT2D eigenvalue weighted by Crippen LogP contribution is 2.34. The molecule has 0 spiro atoms. The second-order valence-electron chi connectivity index (χ2n) is 9.55. The Hall–Kier alpha value is -4.63. The predicted molar refractivity (Wildman–Crippen MR) is 146 cm³/mol. The summed E-state index contributed by atoms with van der Waals surface area (Å²) in [5.41, 5.74) is 7.82. The molecule has 8 nitrogen and oxygen atoms in total. The third-order valence-corrected chi connectivity index (χ3v) is 6.36. The summed E-state index contributed by atoms with van der Waals surface area (Å²) in [7, 11) is 4.01. The fourth-order valence-electron chi connectivity index (χ4n) is 4.53. The molecule has 0 aliphatic rings. The lowest BCUT2D eigenvalue weighted by Crippen LogP contribution is -2.19. The van der Waals surface area contributed by atoms with E-state index in [4.69, 9.17) is 9.72 Å². The Kier molecular flexibility index (Phi) is 6.05. The number of hydrogen-bond acceptors (Lipinski definition) is 6. The van der Waals surface area contributed by atoms with Crippen LogP contribution in [0.3, 0.4) is 0 Å². The van der Waals surface area contributed by atoms with Crippen LogP contribution >= 0.6 is 0 Å². The smallest absolute Gasteiger partial charge is 0.138 e. The van der Waals surface area contributed by atoms with E-state index in [0.29, 0.717) is 23.7 Å². The number of halogens is 1. The van der Waals surface area contributed by atoms with Crippen molar-refractivity contribution in [2.24, 2.45) is 0 Å². The van der Waals surface area contributed by atoms with Gasteiger partial charge in [-0.3, -0.25) is 10.1 Å². The topological polar surface area (TPSA) is 95.6 Å². The Morgan fingerprint density at radius 1 is 1.00 bits per heavy atom. The summed E-state index contributed by atoms with van der Waals surface area (Å²) in [6, 6.07) is 14.7. The molecular formula is C29H26FN7O. The molecule has 0 amide bonds. The average molecular weight is 508 g/mol. The van der Waals surface area contributed by atoms with Crippen molar-refractivity contribution in [1.29, 1.82) is 0 Å². The van der Waals surface area contributed by atoms with Crippen LogP contribution in [0.2, 0.25) is 0 Å². The highest BCUT2D eigenvalue weighted by atomic mass is 19.1. The van der Waals surface area contributed by atoms with Crippen molar-refractivity contribution < 1.29 is 9.13 Å². The summed E-state index contributed by atoms with van der Waals surface area (Å²) in [6.45, 7) is 3.27. The van der Waals surface area contributed by atoms with Gasteiger partial charge in [0.05, 0.1) is 23.1 Å². The number of aromatic nitrogens is 6. The van der Waals surface area contributed by atoms with Crippen LogP contribution in [0.15, 0.2) is 67.1 Å². The van der Waals surface area contributed by atoms with E-state index in [-0.39, 0.29) is 5.82 Å². The van der Waals surface area contributed by atoms with Crippen LogP contribution in [0.5, 0.6) is 5.75 Å². The van der Waals surface area contributed by atoms with Gasteiger partial charge in [0, 0.05) is 29.9 Å². The van der Waals surface area contributed by atoms with E-state index in [0.717, 1.165) is 56.6 Å². The minimum atomic E-state index is -0.266. The molecule has 1 aromatic carbocycles. The number of fused-ring (bicyclic) bond motifs is 2. The second kappa shape index (κ2) is 9.68. The molecule has 2 N–H and O–H groups in total. The van der Waals surface area contributed by atoms with E-state index in [2.05, 4.69) is 30.0 Å². The molecule has 0 aliphatic heterocycles. The maximum absolute atomic E-state index is 14.2. The number of likely N-dealkylation sites (N-methyl/N-ethyl adjacent to an activating group) is 1. The first kappa shape index (κ1) is 23.7. The highest BCUT2D eigenvalue weighted by molar-refractivity contribution is 5.99.